The van der Waals surface area contributed by atoms with E-state index in [0.717, 1.165) is 0 Å². The van der Waals surface area contributed by atoms with Crippen LogP contribution in [-0.4, -0.2) is 38.6 Å². The summed E-state index contributed by atoms with van der Waals surface area (Å²) in [5, 5.41) is 0.0384. The zero-order valence-corrected chi connectivity index (χ0v) is 10.9. The summed E-state index contributed by atoms with van der Waals surface area (Å²) in [6.07, 6.45) is 1.17. The predicted octanol–water partition coefficient (Wildman–Crippen LogP) is 0.853. The Hall–Kier alpha value is -1.34. The molecule has 1 aliphatic rings. The van der Waals surface area contributed by atoms with Crippen LogP contribution in [0.2, 0.25) is 5.15 Å². The average molecular weight is 291 g/mol. The first kappa shape index (κ1) is 13.1. The fraction of sp³-hybridized carbons (Fsp3) is 0.400. The molecule has 1 saturated heterocycles. The Morgan fingerprint density at radius 3 is 2.83 bits per heavy atom. The van der Waals surface area contributed by atoms with Gasteiger partial charge in [0.2, 0.25) is 10.0 Å². The number of hydrogen-bond acceptors (Lipinski definition) is 5. The summed E-state index contributed by atoms with van der Waals surface area (Å²) < 4.78 is 29.6. The Kier molecular flexibility index (Phi) is 3.72. The van der Waals surface area contributed by atoms with Crippen LogP contribution in [0, 0.1) is 0 Å². The molecule has 0 aliphatic carbocycles. The number of anilines is 1. The highest BCUT2D eigenvalue weighted by Crippen LogP contribution is 2.28. The van der Waals surface area contributed by atoms with Crippen LogP contribution in [0.1, 0.15) is 6.42 Å². The third-order valence-electron chi connectivity index (χ3n) is 2.46. The van der Waals surface area contributed by atoms with E-state index in [9.17, 15) is 13.2 Å². The lowest BCUT2D eigenvalue weighted by Crippen LogP contribution is -2.26. The molecule has 18 heavy (non-hydrogen) atoms. The first-order chi connectivity index (χ1) is 8.54. The lowest BCUT2D eigenvalue weighted by molar-refractivity contribution is -0.109. The van der Waals surface area contributed by atoms with Crippen molar-refractivity contribution in [3.63, 3.8) is 0 Å². The fourth-order valence-corrected chi connectivity index (χ4v) is 3.39. The van der Waals surface area contributed by atoms with Gasteiger partial charge in [0, 0.05) is 6.54 Å². The van der Waals surface area contributed by atoms with Gasteiger partial charge in [0.15, 0.2) is 17.2 Å². The highest BCUT2D eigenvalue weighted by Gasteiger charge is 2.29. The zero-order chi connectivity index (χ0) is 13.2. The third kappa shape index (κ3) is 2.56. The summed E-state index contributed by atoms with van der Waals surface area (Å²) >= 11 is 5.86. The summed E-state index contributed by atoms with van der Waals surface area (Å²) in [6.45, 7) is 0.281. The molecule has 0 bridgehead atoms. The quantitative estimate of drug-likeness (QED) is 0.607. The minimum Gasteiger partial charge on any atom is -0.483 e. The molecule has 0 spiro atoms. The molecule has 1 aromatic heterocycles. The minimum absolute atomic E-state index is 0.0384. The van der Waals surface area contributed by atoms with Gasteiger partial charge in [0.25, 0.3) is 0 Å². The van der Waals surface area contributed by atoms with Gasteiger partial charge in [-0.15, -0.1) is 0 Å². The van der Waals surface area contributed by atoms with E-state index < -0.39 is 10.0 Å². The van der Waals surface area contributed by atoms with Crippen molar-refractivity contribution in [3.05, 3.63) is 17.3 Å². The Labute approximate surface area is 110 Å². The van der Waals surface area contributed by atoms with E-state index in [1.165, 1.54) is 16.4 Å². The van der Waals surface area contributed by atoms with Crippen LogP contribution in [0.25, 0.3) is 0 Å². The SMILES string of the molecule is O=CCOc1ccc(N2CCCS2(=O)=O)nc1Cl. The smallest absolute Gasteiger partial charge is 0.236 e. The van der Waals surface area contributed by atoms with Crippen LogP contribution < -0.4 is 9.04 Å². The Bertz CT molecular complexity index is 561. The van der Waals surface area contributed by atoms with E-state index in [0.29, 0.717) is 19.3 Å². The van der Waals surface area contributed by atoms with Gasteiger partial charge >= 0.3 is 0 Å². The molecule has 98 valence electrons. The Balaban J connectivity index is 2.26. The molecule has 0 N–H and O–H groups in total. The number of halogens is 1. The van der Waals surface area contributed by atoms with E-state index in [4.69, 9.17) is 16.3 Å². The lowest BCUT2D eigenvalue weighted by atomic mass is 10.4. The molecule has 6 nitrogen and oxygen atoms in total. The fourth-order valence-electron chi connectivity index (χ4n) is 1.68. The highest BCUT2D eigenvalue weighted by atomic mass is 35.5. The molecule has 0 saturated carbocycles. The summed E-state index contributed by atoms with van der Waals surface area (Å²) in [6, 6.07) is 3.01. The topological polar surface area (TPSA) is 76.6 Å². The van der Waals surface area contributed by atoms with Crippen molar-refractivity contribution in [1.29, 1.82) is 0 Å². The largest absolute Gasteiger partial charge is 0.483 e. The van der Waals surface area contributed by atoms with Crippen molar-refractivity contribution in [2.45, 2.75) is 6.42 Å². The second kappa shape index (κ2) is 5.11. The van der Waals surface area contributed by atoms with Gasteiger partial charge in [-0.1, -0.05) is 11.6 Å². The van der Waals surface area contributed by atoms with E-state index in [1.54, 1.807) is 0 Å². The predicted molar refractivity (Wildman–Crippen MR) is 66.6 cm³/mol. The average Bonchev–Trinajstić information content (AvgIpc) is 2.67. The number of aldehydes is 1. The maximum absolute atomic E-state index is 11.7. The molecule has 1 aromatic rings. The summed E-state index contributed by atoms with van der Waals surface area (Å²) in [5.74, 6) is 0.649. The number of pyridine rings is 1. The highest BCUT2D eigenvalue weighted by molar-refractivity contribution is 7.93. The molecular weight excluding hydrogens is 280 g/mol. The maximum Gasteiger partial charge on any atom is 0.236 e. The number of aromatic nitrogens is 1. The van der Waals surface area contributed by atoms with E-state index in [-0.39, 0.29) is 29.1 Å². The number of ether oxygens (including phenoxy) is 1. The van der Waals surface area contributed by atoms with Crippen molar-refractivity contribution in [2.75, 3.05) is 23.2 Å². The minimum atomic E-state index is -3.27. The number of carbonyl (C=O) groups is 1. The second-order valence-electron chi connectivity index (χ2n) is 3.68. The molecule has 1 fully saturated rings. The molecule has 0 radical (unpaired) electrons. The molecule has 0 unspecified atom stereocenters. The van der Waals surface area contributed by atoms with Crippen molar-refractivity contribution >= 4 is 33.7 Å². The number of sulfonamides is 1. The van der Waals surface area contributed by atoms with Gasteiger partial charge in [0.05, 0.1) is 5.75 Å². The van der Waals surface area contributed by atoms with Crippen LogP contribution in [-0.2, 0) is 14.8 Å². The third-order valence-corrected chi connectivity index (χ3v) is 4.58. The van der Waals surface area contributed by atoms with Gasteiger partial charge in [-0.05, 0) is 18.6 Å². The number of hydrogen-bond donors (Lipinski definition) is 0. The van der Waals surface area contributed by atoms with Crippen molar-refractivity contribution in [3.8, 4) is 5.75 Å². The lowest BCUT2D eigenvalue weighted by Gasteiger charge is -2.16. The van der Waals surface area contributed by atoms with Gasteiger partial charge < -0.3 is 4.74 Å². The first-order valence-electron chi connectivity index (χ1n) is 5.28. The normalized spacial score (nSPS) is 17.7. The maximum atomic E-state index is 11.7. The molecular formula is C10H11ClN2O4S. The molecule has 0 aromatic carbocycles. The van der Waals surface area contributed by atoms with Crippen LogP contribution in [0.5, 0.6) is 5.75 Å². The molecule has 1 aliphatic heterocycles. The van der Waals surface area contributed by atoms with Crippen LogP contribution >= 0.6 is 11.6 Å². The van der Waals surface area contributed by atoms with Crippen LogP contribution in [0.3, 0.4) is 0 Å². The van der Waals surface area contributed by atoms with Crippen molar-refractivity contribution in [1.82, 2.24) is 4.98 Å². The van der Waals surface area contributed by atoms with Crippen molar-refractivity contribution in [2.24, 2.45) is 0 Å². The van der Waals surface area contributed by atoms with Crippen LogP contribution in [0.15, 0.2) is 12.1 Å². The van der Waals surface area contributed by atoms with E-state index in [2.05, 4.69) is 4.98 Å². The number of nitrogens with zero attached hydrogens (tertiary/aromatic N) is 2. The number of carbonyl (C=O) groups excluding carboxylic acids is 1. The number of rotatable bonds is 4. The molecule has 8 heteroatoms. The zero-order valence-electron chi connectivity index (χ0n) is 9.37. The monoisotopic (exact) mass is 290 g/mol. The summed E-state index contributed by atoms with van der Waals surface area (Å²) in [7, 11) is -3.27. The standard InChI is InChI=1S/C10H11ClN2O4S/c11-10-8(17-6-5-14)2-3-9(12-10)13-4-1-7-18(13,15)16/h2-3,5H,1,4,6-7H2. The molecule has 2 rings (SSSR count). The van der Waals surface area contributed by atoms with Gasteiger partial charge in [-0.2, -0.15) is 0 Å². The summed E-state index contributed by atoms with van der Waals surface area (Å²) in [5.41, 5.74) is 0. The second-order valence-corrected chi connectivity index (χ2v) is 6.05. The molecule has 0 atom stereocenters. The Morgan fingerprint density at radius 2 is 2.28 bits per heavy atom. The van der Waals surface area contributed by atoms with Crippen molar-refractivity contribution < 1.29 is 17.9 Å². The van der Waals surface area contributed by atoms with Gasteiger partial charge in [-0.3, -0.25) is 9.10 Å². The first-order valence-corrected chi connectivity index (χ1v) is 7.27. The summed E-state index contributed by atoms with van der Waals surface area (Å²) in [4.78, 5) is 14.1. The van der Waals surface area contributed by atoms with Crippen LogP contribution in [0.4, 0.5) is 5.82 Å². The molecule has 0 amide bonds. The molecule has 2 heterocycles. The van der Waals surface area contributed by atoms with Gasteiger partial charge in [0.1, 0.15) is 12.4 Å². The van der Waals surface area contributed by atoms with Gasteiger partial charge in [-0.25, -0.2) is 13.4 Å². The Morgan fingerprint density at radius 1 is 1.50 bits per heavy atom. The van der Waals surface area contributed by atoms with E-state index >= 15 is 0 Å². The van der Waals surface area contributed by atoms with E-state index in [1.807, 2.05) is 0 Å².